The molecule has 0 spiro atoms. The van der Waals surface area contributed by atoms with Crippen molar-refractivity contribution in [2.75, 3.05) is 18.6 Å². The number of anilines is 1. The van der Waals surface area contributed by atoms with Crippen molar-refractivity contribution in [1.29, 1.82) is 0 Å². The number of esters is 1. The Hall–Kier alpha value is -2.49. The zero-order valence-electron chi connectivity index (χ0n) is 13.9. The second kappa shape index (κ2) is 8.22. The van der Waals surface area contributed by atoms with Gasteiger partial charge in [0, 0.05) is 18.8 Å². The predicted molar refractivity (Wildman–Crippen MR) is 91.7 cm³/mol. The third kappa shape index (κ3) is 4.74. The quantitative estimate of drug-likeness (QED) is 0.731. The number of nitrogens with zero attached hydrogens (tertiary/aromatic N) is 1. The summed E-state index contributed by atoms with van der Waals surface area (Å²) in [6.07, 6.45) is -0.609. The van der Waals surface area contributed by atoms with E-state index < -0.39 is 6.10 Å². The number of methoxy groups -OCH3 is 1. The molecular weight excluding hydrogens is 290 g/mol. The summed E-state index contributed by atoms with van der Waals surface area (Å²) in [5.41, 5.74) is 2.39. The first-order valence-corrected chi connectivity index (χ1v) is 7.77. The summed E-state index contributed by atoms with van der Waals surface area (Å²) in [6, 6.07) is 18.1. The van der Waals surface area contributed by atoms with Gasteiger partial charge in [0.2, 0.25) is 0 Å². The fourth-order valence-electron chi connectivity index (χ4n) is 2.34. The fourth-order valence-corrected chi connectivity index (χ4v) is 2.34. The van der Waals surface area contributed by atoms with Crippen LogP contribution in [0.2, 0.25) is 0 Å². The molecule has 4 nitrogen and oxygen atoms in total. The summed E-state index contributed by atoms with van der Waals surface area (Å²) in [5, 5.41) is 0. The van der Waals surface area contributed by atoms with E-state index in [9.17, 15) is 4.79 Å². The van der Waals surface area contributed by atoms with Crippen molar-refractivity contribution in [2.45, 2.75) is 26.5 Å². The lowest BCUT2D eigenvalue weighted by molar-refractivity contribution is -0.147. The van der Waals surface area contributed by atoms with Gasteiger partial charge in [-0.25, -0.2) is 4.79 Å². The highest BCUT2D eigenvalue weighted by Crippen LogP contribution is 2.19. The molecule has 122 valence electrons. The van der Waals surface area contributed by atoms with E-state index in [4.69, 9.17) is 4.74 Å². The molecule has 1 atom stereocenters. The molecular formula is C19H23NO3. The van der Waals surface area contributed by atoms with Gasteiger partial charge in [-0.05, 0) is 43.7 Å². The van der Waals surface area contributed by atoms with Crippen LogP contribution in [0.5, 0.6) is 5.75 Å². The number of hydrogen-bond acceptors (Lipinski definition) is 4. The SMILES string of the molecule is CCN(Cc1ccc(O[C@H](C)C(=O)OC)cc1)c1ccccc1. The van der Waals surface area contributed by atoms with Gasteiger partial charge in [-0.15, -0.1) is 0 Å². The molecule has 0 amide bonds. The minimum absolute atomic E-state index is 0.379. The van der Waals surface area contributed by atoms with E-state index in [1.165, 1.54) is 18.4 Å². The van der Waals surface area contributed by atoms with Gasteiger partial charge in [-0.3, -0.25) is 0 Å². The first-order valence-electron chi connectivity index (χ1n) is 7.77. The number of para-hydroxylation sites is 1. The molecule has 0 heterocycles. The molecule has 2 aromatic carbocycles. The zero-order valence-corrected chi connectivity index (χ0v) is 13.9. The van der Waals surface area contributed by atoms with E-state index in [1.54, 1.807) is 6.92 Å². The molecule has 0 aliphatic rings. The lowest BCUT2D eigenvalue weighted by Crippen LogP contribution is -2.25. The summed E-state index contributed by atoms with van der Waals surface area (Å²) < 4.78 is 10.2. The van der Waals surface area contributed by atoms with Gasteiger partial charge in [-0.1, -0.05) is 30.3 Å². The van der Waals surface area contributed by atoms with Crippen molar-refractivity contribution in [3.05, 3.63) is 60.2 Å². The summed E-state index contributed by atoms with van der Waals surface area (Å²) in [5.74, 6) is 0.282. The van der Waals surface area contributed by atoms with E-state index in [0.717, 1.165) is 13.1 Å². The average molecular weight is 313 g/mol. The highest BCUT2D eigenvalue weighted by Gasteiger charge is 2.14. The molecule has 2 aromatic rings. The van der Waals surface area contributed by atoms with Crippen LogP contribution < -0.4 is 9.64 Å². The van der Waals surface area contributed by atoms with Crippen molar-refractivity contribution in [3.63, 3.8) is 0 Å². The maximum atomic E-state index is 11.4. The van der Waals surface area contributed by atoms with E-state index in [2.05, 4.69) is 28.7 Å². The fraction of sp³-hybridized carbons (Fsp3) is 0.316. The third-order valence-electron chi connectivity index (χ3n) is 3.65. The van der Waals surface area contributed by atoms with Crippen molar-refractivity contribution < 1.29 is 14.3 Å². The largest absolute Gasteiger partial charge is 0.479 e. The van der Waals surface area contributed by atoms with Gasteiger partial charge < -0.3 is 14.4 Å². The van der Waals surface area contributed by atoms with Crippen molar-refractivity contribution >= 4 is 11.7 Å². The average Bonchev–Trinajstić information content (AvgIpc) is 2.61. The molecule has 0 radical (unpaired) electrons. The summed E-state index contributed by atoms with van der Waals surface area (Å²) in [6.45, 7) is 5.57. The third-order valence-corrected chi connectivity index (χ3v) is 3.65. The monoisotopic (exact) mass is 313 g/mol. The van der Waals surface area contributed by atoms with Gasteiger partial charge in [0.1, 0.15) is 5.75 Å². The second-order valence-corrected chi connectivity index (χ2v) is 5.28. The van der Waals surface area contributed by atoms with Crippen molar-refractivity contribution in [2.24, 2.45) is 0 Å². The summed E-state index contributed by atoms with van der Waals surface area (Å²) in [7, 11) is 1.36. The Kier molecular flexibility index (Phi) is 6.03. The number of carbonyl (C=O) groups excluding carboxylic acids is 1. The zero-order chi connectivity index (χ0) is 16.7. The van der Waals surface area contributed by atoms with Gasteiger partial charge >= 0.3 is 5.97 Å². The minimum atomic E-state index is -0.609. The number of benzene rings is 2. The molecule has 0 aromatic heterocycles. The summed E-state index contributed by atoms with van der Waals surface area (Å²) >= 11 is 0. The normalized spacial score (nSPS) is 11.6. The molecule has 0 aliphatic heterocycles. The van der Waals surface area contributed by atoms with Crippen molar-refractivity contribution in [3.8, 4) is 5.75 Å². The standard InChI is InChI=1S/C19H23NO3/c1-4-20(17-8-6-5-7-9-17)14-16-10-12-18(13-11-16)23-15(2)19(21)22-3/h5-13,15H,4,14H2,1-3H3/t15-/m1/s1. The van der Waals surface area contributed by atoms with E-state index in [1.807, 2.05) is 42.5 Å². The van der Waals surface area contributed by atoms with E-state index >= 15 is 0 Å². The van der Waals surface area contributed by atoms with Gasteiger partial charge in [0.15, 0.2) is 6.10 Å². The lowest BCUT2D eigenvalue weighted by Gasteiger charge is -2.23. The summed E-state index contributed by atoms with van der Waals surface area (Å²) in [4.78, 5) is 13.7. The Morgan fingerprint density at radius 1 is 1.09 bits per heavy atom. The maximum absolute atomic E-state index is 11.4. The van der Waals surface area contributed by atoms with Crippen LogP contribution in [0.15, 0.2) is 54.6 Å². The highest BCUT2D eigenvalue weighted by atomic mass is 16.6. The first-order chi connectivity index (χ1) is 11.1. The lowest BCUT2D eigenvalue weighted by atomic mass is 10.2. The van der Waals surface area contributed by atoms with Crippen LogP contribution >= 0.6 is 0 Å². The smallest absolute Gasteiger partial charge is 0.346 e. The topological polar surface area (TPSA) is 38.8 Å². The predicted octanol–water partition coefficient (Wildman–Crippen LogP) is 3.65. The Morgan fingerprint density at radius 2 is 1.74 bits per heavy atom. The molecule has 0 unspecified atom stereocenters. The molecule has 23 heavy (non-hydrogen) atoms. The van der Waals surface area contributed by atoms with Crippen LogP contribution in [-0.2, 0) is 16.1 Å². The molecule has 0 bridgehead atoms. The molecule has 0 saturated heterocycles. The number of rotatable bonds is 7. The van der Waals surface area contributed by atoms with Gasteiger partial charge in [0.25, 0.3) is 0 Å². The Labute approximate surface area is 137 Å². The molecule has 2 rings (SSSR count). The first kappa shape index (κ1) is 16.9. The van der Waals surface area contributed by atoms with Crippen LogP contribution in [0, 0.1) is 0 Å². The van der Waals surface area contributed by atoms with E-state index in [0.29, 0.717) is 5.75 Å². The van der Waals surface area contributed by atoms with Crippen LogP contribution in [0.1, 0.15) is 19.4 Å². The molecule has 0 saturated carbocycles. The maximum Gasteiger partial charge on any atom is 0.346 e. The molecule has 0 aliphatic carbocycles. The van der Waals surface area contributed by atoms with E-state index in [-0.39, 0.29) is 5.97 Å². The molecule has 4 heteroatoms. The molecule has 0 fully saturated rings. The molecule has 0 N–H and O–H groups in total. The Bertz CT molecular complexity index is 610. The Morgan fingerprint density at radius 3 is 2.30 bits per heavy atom. The van der Waals surface area contributed by atoms with Crippen LogP contribution in [0.25, 0.3) is 0 Å². The van der Waals surface area contributed by atoms with Gasteiger partial charge in [0.05, 0.1) is 7.11 Å². The van der Waals surface area contributed by atoms with Crippen LogP contribution in [0.4, 0.5) is 5.69 Å². The van der Waals surface area contributed by atoms with Crippen LogP contribution in [0.3, 0.4) is 0 Å². The Balaban J connectivity index is 2.00. The van der Waals surface area contributed by atoms with Crippen molar-refractivity contribution in [1.82, 2.24) is 0 Å². The second-order valence-electron chi connectivity index (χ2n) is 5.28. The minimum Gasteiger partial charge on any atom is -0.479 e. The van der Waals surface area contributed by atoms with Gasteiger partial charge in [-0.2, -0.15) is 0 Å². The number of carbonyl (C=O) groups is 1. The number of ether oxygens (including phenoxy) is 2. The number of hydrogen-bond donors (Lipinski definition) is 0. The van der Waals surface area contributed by atoms with Crippen LogP contribution in [-0.4, -0.2) is 25.7 Å². The highest BCUT2D eigenvalue weighted by molar-refractivity contribution is 5.74.